The molecule has 1 saturated heterocycles. The van der Waals surface area contributed by atoms with Crippen molar-refractivity contribution in [3.8, 4) is 0 Å². The molecule has 0 spiro atoms. The summed E-state index contributed by atoms with van der Waals surface area (Å²) in [6.45, 7) is 8.45. The molecule has 3 heterocycles. The number of carbonyl (C=O) groups excluding carboxylic acids is 1. The van der Waals surface area contributed by atoms with Crippen molar-refractivity contribution in [1.29, 1.82) is 0 Å². The smallest absolute Gasteiger partial charge is 0.312 e. The number of amides is 1. The highest BCUT2D eigenvalue weighted by molar-refractivity contribution is 5.76. The summed E-state index contributed by atoms with van der Waals surface area (Å²) in [6.07, 6.45) is 0. The zero-order chi connectivity index (χ0) is 18.8. The molecule has 1 fully saturated rings. The summed E-state index contributed by atoms with van der Waals surface area (Å²) < 4.78 is 6.64. The molecule has 0 radical (unpaired) electrons. The molecule has 0 atom stereocenters. The highest BCUT2D eigenvalue weighted by Gasteiger charge is 2.26. The first-order valence-corrected chi connectivity index (χ1v) is 8.46. The first kappa shape index (κ1) is 18.1. The second-order valence-electron chi connectivity index (χ2n) is 6.53. The van der Waals surface area contributed by atoms with E-state index >= 15 is 0 Å². The van der Waals surface area contributed by atoms with E-state index in [1.807, 2.05) is 13.0 Å². The number of rotatable bonds is 5. The van der Waals surface area contributed by atoms with Gasteiger partial charge in [0.1, 0.15) is 17.9 Å². The maximum Gasteiger partial charge on any atom is 0.312 e. The first-order valence-electron chi connectivity index (χ1n) is 8.46. The highest BCUT2D eigenvalue weighted by atomic mass is 16.6. The highest BCUT2D eigenvalue weighted by Crippen LogP contribution is 2.22. The summed E-state index contributed by atoms with van der Waals surface area (Å²) in [5.74, 6) is 0.734. The number of hydrogen-bond acceptors (Lipinski definition) is 7. The van der Waals surface area contributed by atoms with Crippen LogP contribution in [0.5, 0.6) is 0 Å². The number of piperazine rings is 1. The van der Waals surface area contributed by atoms with Crippen LogP contribution in [0.2, 0.25) is 0 Å². The van der Waals surface area contributed by atoms with Crippen molar-refractivity contribution in [1.82, 2.24) is 24.7 Å². The molecule has 3 rings (SSSR count). The lowest BCUT2D eigenvalue weighted by atomic mass is 10.2. The van der Waals surface area contributed by atoms with E-state index in [1.54, 1.807) is 18.7 Å². The van der Waals surface area contributed by atoms with Crippen molar-refractivity contribution in [2.24, 2.45) is 0 Å². The first-order chi connectivity index (χ1) is 12.3. The van der Waals surface area contributed by atoms with Gasteiger partial charge in [-0.1, -0.05) is 5.16 Å². The number of aryl methyl sites for hydroxylation is 2. The molecular weight excluding hydrogens is 340 g/mol. The largest absolute Gasteiger partial charge is 0.360 e. The summed E-state index contributed by atoms with van der Waals surface area (Å²) in [7, 11) is 0. The number of nitrogens with zero attached hydrogens (tertiary/aromatic N) is 6. The van der Waals surface area contributed by atoms with Crippen LogP contribution in [0.15, 0.2) is 10.6 Å². The zero-order valence-corrected chi connectivity index (χ0v) is 15.1. The maximum atomic E-state index is 12.5. The Kier molecular flexibility index (Phi) is 5.03. The third-order valence-corrected chi connectivity index (χ3v) is 4.59. The van der Waals surface area contributed by atoms with Crippen molar-refractivity contribution in [2.75, 3.05) is 26.2 Å². The van der Waals surface area contributed by atoms with Gasteiger partial charge in [-0.15, -0.1) is 0 Å². The van der Waals surface area contributed by atoms with Gasteiger partial charge < -0.3 is 9.42 Å². The van der Waals surface area contributed by atoms with Crippen LogP contribution in [0.3, 0.4) is 0 Å². The summed E-state index contributed by atoms with van der Waals surface area (Å²) in [5, 5.41) is 19.1. The van der Waals surface area contributed by atoms with Gasteiger partial charge >= 0.3 is 5.69 Å². The van der Waals surface area contributed by atoms with Crippen LogP contribution in [0, 0.1) is 30.9 Å². The van der Waals surface area contributed by atoms with E-state index in [-0.39, 0.29) is 18.1 Å². The van der Waals surface area contributed by atoms with Crippen molar-refractivity contribution in [3.63, 3.8) is 0 Å². The van der Waals surface area contributed by atoms with Gasteiger partial charge in [-0.25, -0.2) is 0 Å². The van der Waals surface area contributed by atoms with Gasteiger partial charge in [0.25, 0.3) is 0 Å². The van der Waals surface area contributed by atoms with Crippen molar-refractivity contribution in [2.45, 2.75) is 33.9 Å². The van der Waals surface area contributed by atoms with E-state index in [4.69, 9.17) is 4.52 Å². The van der Waals surface area contributed by atoms with Gasteiger partial charge in [-0.3, -0.25) is 24.5 Å². The Balaban J connectivity index is 1.55. The molecule has 0 aliphatic carbocycles. The van der Waals surface area contributed by atoms with Gasteiger partial charge in [0.05, 0.1) is 17.2 Å². The molecule has 0 aromatic carbocycles. The molecule has 1 aliphatic heterocycles. The Hall–Kier alpha value is -2.75. The van der Waals surface area contributed by atoms with Crippen LogP contribution in [0.1, 0.15) is 22.8 Å². The molecule has 0 saturated carbocycles. The van der Waals surface area contributed by atoms with E-state index in [2.05, 4.69) is 15.2 Å². The third kappa shape index (κ3) is 3.74. The molecule has 140 valence electrons. The molecule has 26 heavy (non-hydrogen) atoms. The summed E-state index contributed by atoms with van der Waals surface area (Å²) >= 11 is 0. The average molecular weight is 362 g/mol. The van der Waals surface area contributed by atoms with Gasteiger partial charge in [0.15, 0.2) is 5.76 Å². The van der Waals surface area contributed by atoms with E-state index < -0.39 is 4.92 Å². The Labute approximate surface area is 150 Å². The molecule has 2 aromatic heterocycles. The summed E-state index contributed by atoms with van der Waals surface area (Å²) in [5.41, 5.74) is 1.56. The van der Waals surface area contributed by atoms with Gasteiger partial charge in [-0.05, 0) is 20.8 Å². The van der Waals surface area contributed by atoms with Crippen LogP contribution < -0.4 is 0 Å². The predicted octanol–water partition coefficient (Wildman–Crippen LogP) is 1.05. The zero-order valence-electron chi connectivity index (χ0n) is 15.1. The molecular formula is C16H22N6O4. The molecule has 0 unspecified atom stereocenters. The summed E-state index contributed by atoms with van der Waals surface area (Å²) in [6, 6.07) is 1.91. The molecule has 0 bridgehead atoms. The Morgan fingerprint density at radius 3 is 2.50 bits per heavy atom. The lowest BCUT2D eigenvalue weighted by molar-refractivity contribution is -0.386. The number of carbonyl (C=O) groups is 1. The normalized spacial score (nSPS) is 15.4. The minimum atomic E-state index is -0.456. The standard InChI is InChI=1S/C16H22N6O4/c1-11-8-14(26-18-11)9-19-4-6-20(7-5-19)15(23)10-21-13(3)16(22(24)25)12(2)17-21/h8H,4-7,9-10H2,1-3H3. The number of hydrogen-bond donors (Lipinski definition) is 0. The van der Waals surface area contributed by atoms with Crippen LogP contribution in [0.25, 0.3) is 0 Å². The van der Waals surface area contributed by atoms with Crippen molar-refractivity contribution >= 4 is 11.6 Å². The SMILES string of the molecule is Cc1cc(CN2CCN(C(=O)Cn3nc(C)c([N+](=O)[O-])c3C)CC2)on1. The monoisotopic (exact) mass is 362 g/mol. The Morgan fingerprint density at radius 2 is 1.96 bits per heavy atom. The van der Waals surface area contributed by atoms with Crippen molar-refractivity contribution < 1.29 is 14.2 Å². The molecule has 1 amide bonds. The second kappa shape index (κ2) is 7.24. The van der Waals surface area contributed by atoms with E-state index in [9.17, 15) is 14.9 Å². The minimum Gasteiger partial charge on any atom is -0.360 e. The van der Waals surface area contributed by atoms with E-state index in [0.29, 0.717) is 31.0 Å². The fourth-order valence-corrected chi connectivity index (χ4v) is 3.20. The molecule has 2 aromatic rings. The molecule has 0 N–H and O–H groups in total. The third-order valence-electron chi connectivity index (χ3n) is 4.59. The lowest BCUT2D eigenvalue weighted by Crippen LogP contribution is -2.49. The van der Waals surface area contributed by atoms with Crippen LogP contribution in [-0.2, 0) is 17.9 Å². The van der Waals surface area contributed by atoms with Gasteiger partial charge in [-0.2, -0.15) is 5.10 Å². The van der Waals surface area contributed by atoms with E-state index in [1.165, 1.54) is 4.68 Å². The Morgan fingerprint density at radius 1 is 1.27 bits per heavy atom. The van der Waals surface area contributed by atoms with E-state index in [0.717, 1.165) is 24.5 Å². The van der Waals surface area contributed by atoms with Gasteiger partial charge in [0, 0.05) is 32.2 Å². The predicted molar refractivity (Wildman–Crippen MR) is 91.5 cm³/mol. The Bertz CT molecular complexity index is 819. The number of nitro groups is 1. The lowest BCUT2D eigenvalue weighted by Gasteiger charge is -2.34. The fraction of sp³-hybridized carbons (Fsp3) is 0.562. The number of aromatic nitrogens is 3. The van der Waals surface area contributed by atoms with Crippen LogP contribution in [-0.4, -0.2) is 61.7 Å². The fourth-order valence-electron chi connectivity index (χ4n) is 3.20. The molecule has 10 nitrogen and oxygen atoms in total. The second-order valence-corrected chi connectivity index (χ2v) is 6.53. The van der Waals surface area contributed by atoms with Crippen LogP contribution in [0.4, 0.5) is 5.69 Å². The summed E-state index contributed by atoms with van der Waals surface area (Å²) in [4.78, 5) is 27.1. The van der Waals surface area contributed by atoms with Crippen LogP contribution >= 0.6 is 0 Å². The molecule has 1 aliphatic rings. The maximum absolute atomic E-state index is 12.5. The topological polar surface area (TPSA) is 111 Å². The van der Waals surface area contributed by atoms with Crippen molar-refractivity contribution in [3.05, 3.63) is 39.0 Å². The quantitative estimate of drug-likeness (QED) is 0.577. The average Bonchev–Trinajstić information content (AvgIpc) is 3.11. The minimum absolute atomic E-state index is 0.0157. The van der Waals surface area contributed by atoms with Gasteiger partial charge in [0.2, 0.25) is 5.91 Å². The molecule has 10 heteroatoms.